The third-order valence-corrected chi connectivity index (χ3v) is 5.83. The van der Waals surface area contributed by atoms with Gasteiger partial charge in [0.15, 0.2) is 0 Å². The molecular weight excluding hydrogens is 357 g/mol. The zero-order valence-electron chi connectivity index (χ0n) is 13.4. The predicted octanol–water partition coefficient (Wildman–Crippen LogP) is 4.93. The van der Waals surface area contributed by atoms with Gasteiger partial charge >= 0.3 is 7.60 Å². The van der Waals surface area contributed by atoms with Crippen molar-refractivity contribution in [3.8, 4) is 11.5 Å². The maximum absolute atomic E-state index is 13.6. The second kappa shape index (κ2) is 7.75. The average Bonchev–Trinajstić information content (AvgIpc) is 2.63. The molecule has 25 heavy (non-hydrogen) atoms. The largest absolute Gasteiger partial charge is 0.492 e. The summed E-state index contributed by atoms with van der Waals surface area (Å²) in [6, 6.07) is 24.9. The van der Waals surface area contributed by atoms with Gasteiger partial charge in [-0.15, -0.1) is 0 Å². The van der Waals surface area contributed by atoms with Crippen LogP contribution in [-0.4, -0.2) is 0 Å². The quantitative estimate of drug-likeness (QED) is 0.622. The van der Waals surface area contributed by atoms with Crippen LogP contribution in [0.3, 0.4) is 0 Å². The van der Waals surface area contributed by atoms with Crippen LogP contribution in [0.5, 0.6) is 11.5 Å². The minimum absolute atomic E-state index is 0.462. The van der Waals surface area contributed by atoms with Gasteiger partial charge in [-0.2, -0.15) is 0 Å². The third kappa shape index (κ3) is 4.43. The summed E-state index contributed by atoms with van der Waals surface area (Å²) in [7, 11) is -3.65. The van der Waals surface area contributed by atoms with E-state index in [1.165, 1.54) is 0 Å². The topological polar surface area (TPSA) is 63.2 Å². The molecule has 6 heteroatoms. The molecule has 3 aromatic carbocycles. The first-order valence-corrected chi connectivity index (χ1v) is 9.73. The standard InChI is InChI=1S/C19H17ClNO3P/c20-16-13-11-15(12-14-16)19(21)25(22,23-17-7-3-1-4-8-17)24-18-9-5-2-6-10-18/h1-14,19H,21H2/p+1/t19-/m1/s1. The van der Waals surface area contributed by atoms with E-state index in [2.05, 4.69) is 5.73 Å². The number of para-hydroxylation sites is 2. The minimum atomic E-state index is -3.65. The van der Waals surface area contributed by atoms with Gasteiger partial charge in [-0.05, 0) is 36.4 Å². The predicted molar refractivity (Wildman–Crippen MR) is 98.8 cm³/mol. The lowest BCUT2D eigenvalue weighted by Gasteiger charge is -2.23. The molecule has 0 amide bonds. The average molecular weight is 375 g/mol. The van der Waals surface area contributed by atoms with Gasteiger partial charge in [-0.1, -0.05) is 60.1 Å². The van der Waals surface area contributed by atoms with Crippen molar-refractivity contribution < 1.29 is 19.3 Å². The molecule has 0 aliphatic carbocycles. The normalized spacial score (nSPS) is 12.4. The van der Waals surface area contributed by atoms with E-state index in [-0.39, 0.29) is 0 Å². The molecule has 0 radical (unpaired) electrons. The Morgan fingerprint density at radius 2 is 1.20 bits per heavy atom. The van der Waals surface area contributed by atoms with Crippen LogP contribution in [0.25, 0.3) is 0 Å². The Labute approximate surface area is 151 Å². The van der Waals surface area contributed by atoms with Crippen molar-refractivity contribution in [1.82, 2.24) is 0 Å². The Kier molecular flexibility index (Phi) is 5.44. The first-order valence-electron chi connectivity index (χ1n) is 7.74. The molecule has 1 atom stereocenters. The summed E-state index contributed by atoms with van der Waals surface area (Å²) in [5, 5.41) is 0.596. The van der Waals surface area contributed by atoms with Crippen molar-refractivity contribution in [2.45, 2.75) is 5.78 Å². The number of halogens is 1. The second-order valence-electron chi connectivity index (χ2n) is 5.42. The highest BCUT2D eigenvalue weighted by molar-refractivity contribution is 7.54. The molecular formula is C19H18ClNO3P+. The number of hydrogen-bond donors (Lipinski definition) is 1. The first-order chi connectivity index (χ1) is 12.1. The molecule has 0 fully saturated rings. The lowest BCUT2D eigenvalue weighted by atomic mass is 10.2. The molecule has 0 saturated carbocycles. The lowest BCUT2D eigenvalue weighted by Crippen LogP contribution is -2.54. The summed E-state index contributed by atoms with van der Waals surface area (Å²) >= 11 is 5.94. The molecule has 0 aliphatic heterocycles. The lowest BCUT2D eigenvalue weighted by molar-refractivity contribution is -0.398. The van der Waals surface area contributed by atoms with Gasteiger partial charge in [-0.3, -0.25) is 0 Å². The summed E-state index contributed by atoms with van der Waals surface area (Å²) in [6.45, 7) is 0. The Bertz CT molecular complexity index is 811. The van der Waals surface area contributed by atoms with Crippen molar-refractivity contribution in [3.05, 3.63) is 95.5 Å². The molecule has 0 spiro atoms. The van der Waals surface area contributed by atoms with Crippen molar-refractivity contribution in [1.29, 1.82) is 0 Å². The van der Waals surface area contributed by atoms with Crippen LogP contribution in [0, 0.1) is 0 Å². The molecule has 0 aromatic heterocycles. The number of quaternary nitrogens is 1. The third-order valence-electron chi connectivity index (χ3n) is 3.59. The van der Waals surface area contributed by atoms with Crippen LogP contribution in [0.2, 0.25) is 5.02 Å². The van der Waals surface area contributed by atoms with Gasteiger partial charge in [0.1, 0.15) is 11.5 Å². The molecule has 128 valence electrons. The van der Waals surface area contributed by atoms with Gasteiger partial charge < -0.3 is 14.8 Å². The van der Waals surface area contributed by atoms with E-state index in [1.807, 2.05) is 36.4 Å². The van der Waals surface area contributed by atoms with E-state index in [4.69, 9.17) is 20.6 Å². The van der Waals surface area contributed by atoms with Crippen LogP contribution in [0.15, 0.2) is 84.9 Å². The van der Waals surface area contributed by atoms with E-state index in [9.17, 15) is 4.57 Å². The molecule has 0 aliphatic rings. The number of rotatable bonds is 6. The van der Waals surface area contributed by atoms with Crippen LogP contribution in [-0.2, 0) is 4.57 Å². The molecule has 0 bridgehead atoms. The minimum Gasteiger partial charge on any atom is -0.412 e. The van der Waals surface area contributed by atoms with E-state index >= 15 is 0 Å². The van der Waals surface area contributed by atoms with Crippen LogP contribution in [0.1, 0.15) is 11.3 Å². The SMILES string of the molecule is [NH3+][C@@H](c1ccc(Cl)cc1)P(=O)(Oc1ccccc1)Oc1ccccc1. The Hall–Kier alpha value is -2.26. The first kappa shape index (κ1) is 17.6. The molecule has 3 rings (SSSR count). The van der Waals surface area contributed by atoms with Crippen molar-refractivity contribution in [2.24, 2.45) is 0 Å². The molecule has 0 heterocycles. The van der Waals surface area contributed by atoms with Gasteiger partial charge in [0, 0.05) is 10.6 Å². The fraction of sp³-hybridized carbons (Fsp3) is 0.0526. The molecule has 0 saturated heterocycles. The molecule has 3 N–H and O–H groups in total. The highest BCUT2D eigenvalue weighted by Gasteiger charge is 2.41. The second-order valence-corrected chi connectivity index (χ2v) is 7.92. The number of benzene rings is 3. The Morgan fingerprint density at radius 3 is 1.64 bits per heavy atom. The number of hydrogen-bond acceptors (Lipinski definition) is 3. The maximum Gasteiger partial charge on any atom is 0.492 e. The smallest absolute Gasteiger partial charge is 0.412 e. The van der Waals surface area contributed by atoms with Crippen molar-refractivity contribution in [2.75, 3.05) is 0 Å². The van der Waals surface area contributed by atoms with E-state index in [0.717, 1.165) is 5.56 Å². The fourth-order valence-electron chi connectivity index (χ4n) is 2.27. The van der Waals surface area contributed by atoms with Gasteiger partial charge in [-0.25, -0.2) is 4.57 Å². The van der Waals surface area contributed by atoms with E-state index in [1.54, 1.807) is 48.5 Å². The summed E-state index contributed by atoms with van der Waals surface area (Å²) in [5.74, 6) is 0.207. The highest BCUT2D eigenvalue weighted by Crippen LogP contribution is 2.56. The highest BCUT2D eigenvalue weighted by atomic mass is 35.5. The summed E-state index contributed by atoms with van der Waals surface area (Å²) in [5.41, 5.74) is 4.77. The maximum atomic E-state index is 13.6. The van der Waals surface area contributed by atoms with Crippen molar-refractivity contribution >= 4 is 19.2 Å². The summed E-state index contributed by atoms with van der Waals surface area (Å²) in [4.78, 5) is 0. The fourth-order valence-corrected chi connectivity index (χ4v) is 4.06. The van der Waals surface area contributed by atoms with E-state index in [0.29, 0.717) is 16.5 Å². The van der Waals surface area contributed by atoms with Gasteiger partial charge in [0.05, 0.1) is 0 Å². The van der Waals surface area contributed by atoms with Gasteiger partial charge in [0.2, 0.25) is 5.78 Å². The zero-order valence-corrected chi connectivity index (χ0v) is 15.1. The molecule has 3 aromatic rings. The van der Waals surface area contributed by atoms with E-state index < -0.39 is 13.4 Å². The van der Waals surface area contributed by atoms with Crippen LogP contribution in [0.4, 0.5) is 0 Å². The van der Waals surface area contributed by atoms with Gasteiger partial charge in [0.25, 0.3) is 0 Å². The molecule has 4 nitrogen and oxygen atoms in total. The molecule has 0 unspecified atom stereocenters. The zero-order chi connectivity index (χ0) is 17.7. The van der Waals surface area contributed by atoms with Crippen LogP contribution >= 0.6 is 19.2 Å². The summed E-state index contributed by atoms with van der Waals surface area (Å²) in [6.07, 6.45) is 0. The summed E-state index contributed by atoms with van der Waals surface area (Å²) < 4.78 is 25.2. The van der Waals surface area contributed by atoms with Crippen LogP contribution < -0.4 is 14.8 Å². The monoisotopic (exact) mass is 374 g/mol. The van der Waals surface area contributed by atoms with Crippen molar-refractivity contribution in [3.63, 3.8) is 0 Å². The Morgan fingerprint density at radius 1 is 0.760 bits per heavy atom. The Balaban J connectivity index is 1.95.